The van der Waals surface area contributed by atoms with E-state index in [1.54, 1.807) is 6.08 Å². The average molecular weight is 316 g/mol. The van der Waals surface area contributed by atoms with E-state index in [1.807, 2.05) is 0 Å². The summed E-state index contributed by atoms with van der Waals surface area (Å²) in [5.41, 5.74) is 0. The van der Waals surface area contributed by atoms with Crippen molar-refractivity contribution < 1.29 is 28.8 Å². The maximum absolute atomic E-state index is 10.2. The fraction of sp³-hybridized carbons (Fsp3) is 0.850. The van der Waals surface area contributed by atoms with Gasteiger partial charge in [0.25, 0.3) is 0 Å². The molecule has 0 aromatic heterocycles. The van der Waals surface area contributed by atoms with E-state index in [0.29, 0.717) is 0 Å². The van der Waals surface area contributed by atoms with E-state index >= 15 is 0 Å². The van der Waals surface area contributed by atoms with E-state index in [1.165, 1.54) is 89.9 Å². The van der Waals surface area contributed by atoms with E-state index in [2.05, 4.69) is 6.92 Å². The molecule has 0 unspecified atom stereocenters. The van der Waals surface area contributed by atoms with E-state index in [0.717, 1.165) is 18.9 Å². The fourth-order valence-electron chi connectivity index (χ4n) is 2.81. The monoisotopic (exact) mass is 316 g/mol. The first kappa shape index (κ1) is 25.1. The zero-order valence-electron chi connectivity index (χ0n) is 15.8. The fourth-order valence-corrected chi connectivity index (χ4v) is 2.81. The van der Waals surface area contributed by atoms with Crippen molar-refractivity contribution in [1.29, 1.82) is 0 Å². The van der Waals surface area contributed by atoms with Gasteiger partial charge in [-0.15, -0.1) is 0 Å². The molecule has 0 aliphatic rings. The Balaban J connectivity index is 0. The number of hydrogen-bond acceptors (Lipinski definition) is 2. The second-order valence-corrected chi connectivity index (χ2v) is 6.46. The average Bonchev–Trinajstić information content (AvgIpc) is 2.50. The van der Waals surface area contributed by atoms with Crippen LogP contribution in [0.1, 0.15) is 110 Å². The molecule has 0 aliphatic carbocycles. The minimum atomic E-state index is -1.08. The summed E-state index contributed by atoms with van der Waals surface area (Å²) in [7, 11) is 0. The van der Waals surface area contributed by atoms with E-state index in [9.17, 15) is 9.90 Å². The van der Waals surface area contributed by atoms with Crippen LogP contribution in [0.25, 0.3) is 0 Å². The first-order valence-electron chi connectivity index (χ1n) is 9.65. The van der Waals surface area contributed by atoms with Gasteiger partial charge >= 0.3 is 18.9 Å². The van der Waals surface area contributed by atoms with Crippen LogP contribution in [0.3, 0.4) is 0 Å². The standard InChI is InChI=1S/C20H38O2.Li/c1-2-3-4-5-6-7-8-9-10-11-12-13-14-15-16-17-18-19-20(21)22;/h18-19H,2-17H2,1H3,(H,21,22);/q;+1/p-1. The molecule has 0 N–H and O–H groups in total. The smallest absolute Gasteiger partial charge is 0.545 e. The summed E-state index contributed by atoms with van der Waals surface area (Å²) in [4.78, 5) is 10.2. The van der Waals surface area contributed by atoms with Crippen LogP contribution < -0.4 is 24.0 Å². The van der Waals surface area contributed by atoms with Gasteiger partial charge in [0.15, 0.2) is 0 Å². The van der Waals surface area contributed by atoms with Gasteiger partial charge in [0, 0.05) is 0 Å². The van der Waals surface area contributed by atoms with E-state index in [-0.39, 0.29) is 18.9 Å². The van der Waals surface area contributed by atoms with Crippen molar-refractivity contribution in [2.24, 2.45) is 0 Å². The molecule has 130 valence electrons. The Kier molecular flexibility index (Phi) is 23.8. The summed E-state index contributed by atoms with van der Waals surface area (Å²) in [6, 6.07) is 0. The second kappa shape index (κ2) is 21.8. The van der Waals surface area contributed by atoms with Gasteiger partial charge in [0.05, 0.1) is 5.97 Å². The molecule has 0 amide bonds. The first-order chi connectivity index (χ1) is 10.8. The van der Waals surface area contributed by atoms with Gasteiger partial charge in [-0.3, -0.25) is 0 Å². The number of rotatable bonds is 17. The van der Waals surface area contributed by atoms with Crippen LogP contribution in [0.4, 0.5) is 0 Å². The van der Waals surface area contributed by atoms with Gasteiger partial charge in [0.1, 0.15) is 0 Å². The van der Waals surface area contributed by atoms with E-state index < -0.39 is 5.97 Å². The molecule has 0 heterocycles. The molecular formula is C20H37LiO2. The topological polar surface area (TPSA) is 40.1 Å². The van der Waals surface area contributed by atoms with Crippen molar-refractivity contribution in [3.8, 4) is 0 Å². The molecule has 0 atom stereocenters. The number of unbranched alkanes of at least 4 members (excludes halogenated alkanes) is 15. The molecule has 3 heteroatoms. The zero-order chi connectivity index (χ0) is 16.3. The predicted molar refractivity (Wildman–Crippen MR) is 93.7 cm³/mol. The molecule has 2 nitrogen and oxygen atoms in total. The third-order valence-corrected chi connectivity index (χ3v) is 4.23. The number of carboxylic acid groups (broad SMARTS) is 1. The molecule has 23 heavy (non-hydrogen) atoms. The van der Waals surface area contributed by atoms with Crippen molar-refractivity contribution in [1.82, 2.24) is 0 Å². The number of carboxylic acids is 1. The molecule has 0 aromatic carbocycles. The second-order valence-electron chi connectivity index (χ2n) is 6.46. The third kappa shape index (κ3) is 24.2. The summed E-state index contributed by atoms with van der Waals surface area (Å²) in [5.74, 6) is -1.08. The SMILES string of the molecule is CCCCCCCCCCCCCCCCCC=CC(=O)[O-].[Li+]. The minimum absolute atomic E-state index is 0. The Morgan fingerprint density at radius 2 is 1.04 bits per heavy atom. The van der Waals surface area contributed by atoms with Crippen LogP contribution >= 0.6 is 0 Å². The first-order valence-corrected chi connectivity index (χ1v) is 9.65. The summed E-state index contributed by atoms with van der Waals surface area (Å²) in [6.07, 6.45) is 24.2. The summed E-state index contributed by atoms with van der Waals surface area (Å²) < 4.78 is 0. The number of carbonyl (C=O) groups is 1. The van der Waals surface area contributed by atoms with Gasteiger partial charge in [-0.2, -0.15) is 0 Å². The maximum atomic E-state index is 10.2. The Labute approximate surface area is 156 Å². The van der Waals surface area contributed by atoms with Crippen LogP contribution in [0.5, 0.6) is 0 Å². The summed E-state index contributed by atoms with van der Waals surface area (Å²) >= 11 is 0. The molecule has 0 rings (SSSR count). The molecule has 0 saturated carbocycles. The van der Waals surface area contributed by atoms with Crippen LogP contribution in [0.2, 0.25) is 0 Å². The molecule has 0 radical (unpaired) electrons. The van der Waals surface area contributed by atoms with E-state index in [4.69, 9.17) is 0 Å². The largest absolute Gasteiger partial charge is 1.00 e. The molecule has 0 aliphatic heterocycles. The molecular weight excluding hydrogens is 279 g/mol. The minimum Gasteiger partial charge on any atom is -0.545 e. The molecule has 0 aromatic rings. The van der Waals surface area contributed by atoms with Crippen LogP contribution in [0.15, 0.2) is 12.2 Å². The van der Waals surface area contributed by atoms with Crippen molar-refractivity contribution >= 4 is 5.97 Å². The molecule has 0 saturated heterocycles. The van der Waals surface area contributed by atoms with Crippen molar-refractivity contribution in [3.63, 3.8) is 0 Å². The number of allylic oxidation sites excluding steroid dienone is 1. The predicted octanol–water partition coefficient (Wildman–Crippen LogP) is 2.56. The number of hydrogen-bond donors (Lipinski definition) is 0. The van der Waals surface area contributed by atoms with Gasteiger partial charge in [-0.05, 0) is 18.9 Å². The molecule has 0 spiro atoms. The number of carbonyl (C=O) groups excluding carboxylic acids is 1. The van der Waals surface area contributed by atoms with Crippen LogP contribution in [-0.2, 0) is 4.79 Å². The van der Waals surface area contributed by atoms with Crippen LogP contribution in [-0.4, -0.2) is 5.97 Å². The van der Waals surface area contributed by atoms with Gasteiger partial charge < -0.3 is 9.90 Å². The third-order valence-electron chi connectivity index (χ3n) is 4.23. The van der Waals surface area contributed by atoms with Gasteiger partial charge in [-0.1, -0.05) is 103 Å². The summed E-state index contributed by atoms with van der Waals surface area (Å²) in [6.45, 7) is 2.27. The quantitative estimate of drug-likeness (QED) is 0.235. The normalized spacial score (nSPS) is 10.8. The van der Waals surface area contributed by atoms with Crippen molar-refractivity contribution in [2.75, 3.05) is 0 Å². The molecule has 0 bridgehead atoms. The Bertz CT molecular complexity index is 264. The Morgan fingerprint density at radius 1 is 0.696 bits per heavy atom. The summed E-state index contributed by atoms with van der Waals surface area (Å²) in [5, 5.41) is 10.2. The molecule has 0 fully saturated rings. The van der Waals surface area contributed by atoms with Gasteiger partial charge in [-0.25, -0.2) is 0 Å². The van der Waals surface area contributed by atoms with Crippen molar-refractivity contribution in [3.05, 3.63) is 12.2 Å². The zero-order valence-corrected chi connectivity index (χ0v) is 15.8. The van der Waals surface area contributed by atoms with Crippen molar-refractivity contribution in [2.45, 2.75) is 110 Å². The Morgan fingerprint density at radius 3 is 1.39 bits per heavy atom. The van der Waals surface area contributed by atoms with Crippen LogP contribution in [0, 0.1) is 0 Å². The number of aliphatic carboxylic acids is 1. The Hall–Kier alpha value is -0.193. The maximum Gasteiger partial charge on any atom is 1.00 e. The van der Waals surface area contributed by atoms with Gasteiger partial charge in [0.2, 0.25) is 0 Å².